The predicted octanol–water partition coefficient (Wildman–Crippen LogP) is 5.05. The molecule has 0 bridgehead atoms. The van der Waals surface area contributed by atoms with Gasteiger partial charge in [-0.25, -0.2) is 0 Å². The van der Waals surface area contributed by atoms with Crippen LogP contribution in [0, 0.1) is 0 Å². The summed E-state index contributed by atoms with van der Waals surface area (Å²) in [6, 6.07) is 28.5. The van der Waals surface area contributed by atoms with Crippen molar-refractivity contribution in [2.45, 2.75) is 18.4 Å². The van der Waals surface area contributed by atoms with E-state index in [4.69, 9.17) is 0 Å². The van der Waals surface area contributed by atoms with Gasteiger partial charge in [-0.3, -0.25) is 14.8 Å². The number of nitrogens with one attached hydrogen (secondary N) is 2. The monoisotopic (exact) mass is 462 g/mol. The number of pyridine rings is 2. The molecule has 5 heteroatoms. The molecule has 2 N–H and O–H groups in total. The number of hydrogen-bond donors (Lipinski definition) is 2. The molecular weight excluding hydrogens is 432 g/mol. The zero-order chi connectivity index (χ0) is 24.1. The first-order valence-corrected chi connectivity index (χ1v) is 11.9. The number of benzene rings is 2. The number of hydrogen-bond acceptors (Lipinski definition) is 4. The Morgan fingerprint density at radius 3 is 1.66 bits per heavy atom. The molecule has 0 saturated carbocycles. The number of aromatic nitrogens is 2. The van der Waals surface area contributed by atoms with E-state index >= 15 is 0 Å². The van der Waals surface area contributed by atoms with Crippen molar-refractivity contribution in [3.63, 3.8) is 0 Å². The highest BCUT2D eigenvalue weighted by Gasteiger charge is 2.17. The Hall–Kier alpha value is -4.09. The molecule has 2 aromatic heterocycles. The first kappa shape index (κ1) is 24.0. The molecule has 4 aromatic rings. The quantitative estimate of drug-likeness (QED) is 0.306. The SMILES string of the molecule is O=C(CC(c1ccccc1)c1ccccc1)NCC=CCNC(c1ccncc1)c1ccncc1. The van der Waals surface area contributed by atoms with Gasteiger partial charge in [-0.05, 0) is 46.5 Å². The standard InChI is InChI=1S/C30H30N4O/c35-29(23-28(24-9-3-1-4-10-24)25-11-5-2-6-12-25)33-17-7-8-18-34-30(26-13-19-31-20-14-26)27-15-21-32-22-16-27/h1-16,19-22,28,30,34H,17-18,23H2,(H,33,35). The fourth-order valence-corrected chi connectivity index (χ4v) is 4.12. The van der Waals surface area contributed by atoms with Crippen molar-refractivity contribution in [2.75, 3.05) is 13.1 Å². The summed E-state index contributed by atoms with van der Waals surface area (Å²) in [7, 11) is 0. The van der Waals surface area contributed by atoms with Crippen LogP contribution in [0.15, 0.2) is 122 Å². The third kappa shape index (κ3) is 7.19. The summed E-state index contributed by atoms with van der Waals surface area (Å²) < 4.78 is 0. The van der Waals surface area contributed by atoms with Crippen molar-refractivity contribution in [1.82, 2.24) is 20.6 Å². The van der Waals surface area contributed by atoms with Crippen molar-refractivity contribution < 1.29 is 4.79 Å². The zero-order valence-electron chi connectivity index (χ0n) is 19.6. The van der Waals surface area contributed by atoms with Gasteiger partial charge in [0.1, 0.15) is 0 Å². The van der Waals surface area contributed by atoms with Crippen LogP contribution in [0.3, 0.4) is 0 Å². The largest absolute Gasteiger partial charge is 0.353 e. The molecule has 0 aliphatic carbocycles. The zero-order valence-corrected chi connectivity index (χ0v) is 19.6. The van der Waals surface area contributed by atoms with Crippen LogP contribution in [0.5, 0.6) is 0 Å². The highest BCUT2D eigenvalue weighted by molar-refractivity contribution is 5.77. The lowest BCUT2D eigenvalue weighted by Crippen LogP contribution is -2.26. The Labute approximate surface area is 207 Å². The molecule has 2 heterocycles. The van der Waals surface area contributed by atoms with E-state index in [0.717, 1.165) is 22.3 Å². The van der Waals surface area contributed by atoms with Gasteiger partial charge in [0.2, 0.25) is 5.91 Å². The summed E-state index contributed by atoms with van der Waals surface area (Å²) in [5.41, 5.74) is 4.57. The van der Waals surface area contributed by atoms with E-state index < -0.39 is 0 Å². The Morgan fingerprint density at radius 1 is 0.657 bits per heavy atom. The molecule has 2 aromatic carbocycles. The smallest absolute Gasteiger partial charge is 0.221 e. The van der Waals surface area contributed by atoms with Crippen LogP contribution in [0.4, 0.5) is 0 Å². The molecular formula is C30H30N4O. The molecule has 0 aliphatic rings. The molecule has 0 atom stereocenters. The molecule has 0 spiro atoms. The average Bonchev–Trinajstić information content (AvgIpc) is 2.93. The van der Waals surface area contributed by atoms with Crippen molar-refractivity contribution in [3.05, 3.63) is 144 Å². The molecule has 4 rings (SSSR count). The maximum Gasteiger partial charge on any atom is 0.221 e. The first-order chi connectivity index (χ1) is 17.3. The lowest BCUT2D eigenvalue weighted by molar-refractivity contribution is -0.121. The molecule has 0 aliphatic heterocycles. The maximum absolute atomic E-state index is 12.7. The van der Waals surface area contributed by atoms with Crippen LogP contribution >= 0.6 is 0 Å². The Balaban J connectivity index is 1.30. The van der Waals surface area contributed by atoms with E-state index in [0.29, 0.717) is 19.5 Å². The fourth-order valence-electron chi connectivity index (χ4n) is 4.12. The van der Waals surface area contributed by atoms with Crippen molar-refractivity contribution in [1.29, 1.82) is 0 Å². The van der Waals surface area contributed by atoms with Crippen molar-refractivity contribution in [3.8, 4) is 0 Å². The van der Waals surface area contributed by atoms with Crippen LogP contribution in [-0.2, 0) is 4.79 Å². The molecule has 176 valence electrons. The third-order valence-electron chi connectivity index (χ3n) is 5.90. The van der Waals surface area contributed by atoms with Gasteiger partial charge >= 0.3 is 0 Å². The second-order valence-electron chi connectivity index (χ2n) is 8.26. The number of amides is 1. The van der Waals surface area contributed by atoms with Crippen LogP contribution < -0.4 is 10.6 Å². The van der Waals surface area contributed by atoms with Gasteiger partial charge in [-0.1, -0.05) is 72.8 Å². The third-order valence-corrected chi connectivity index (χ3v) is 5.90. The lowest BCUT2D eigenvalue weighted by Gasteiger charge is -2.18. The number of rotatable bonds is 11. The van der Waals surface area contributed by atoms with Gasteiger partial charge in [0.15, 0.2) is 0 Å². The Kier molecular flexibility index (Phi) is 8.91. The van der Waals surface area contributed by atoms with Crippen LogP contribution in [-0.4, -0.2) is 29.0 Å². The van der Waals surface area contributed by atoms with Crippen molar-refractivity contribution >= 4 is 5.91 Å². The topological polar surface area (TPSA) is 66.9 Å². The van der Waals surface area contributed by atoms with Gasteiger partial charge in [0, 0.05) is 50.2 Å². The van der Waals surface area contributed by atoms with E-state index in [-0.39, 0.29) is 17.9 Å². The highest BCUT2D eigenvalue weighted by Crippen LogP contribution is 2.27. The van der Waals surface area contributed by atoms with E-state index in [1.807, 2.05) is 72.8 Å². The fraction of sp³-hybridized carbons (Fsp3) is 0.167. The Morgan fingerprint density at radius 2 is 1.14 bits per heavy atom. The van der Waals surface area contributed by atoms with Gasteiger partial charge in [-0.15, -0.1) is 0 Å². The molecule has 0 saturated heterocycles. The minimum Gasteiger partial charge on any atom is -0.353 e. The van der Waals surface area contributed by atoms with E-state index in [1.165, 1.54) is 0 Å². The summed E-state index contributed by atoms with van der Waals surface area (Å²) in [5.74, 6) is 0.0660. The van der Waals surface area contributed by atoms with Crippen LogP contribution in [0.25, 0.3) is 0 Å². The minimum absolute atomic E-state index is 0.0320. The Bertz CT molecular complexity index is 1100. The number of nitrogens with zero attached hydrogens (tertiary/aromatic N) is 2. The lowest BCUT2D eigenvalue weighted by atomic mass is 9.88. The normalized spacial score (nSPS) is 11.3. The average molecular weight is 463 g/mol. The summed E-state index contributed by atoms with van der Waals surface area (Å²) in [4.78, 5) is 21.0. The summed E-state index contributed by atoms with van der Waals surface area (Å²) in [5, 5.41) is 6.59. The second-order valence-corrected chi connectivity index (χ2v) is 8.26. The summed E-state index contributed by atoms with van der Waals surface area (Å²) in [6.45, 7) is 1.16. The second kappa shape index (κ2) is 13.0. The number of carbonyl (C=O) groups excluding carboxylic acids is 1. The van der Waals surface area contributed by atoms with E-state index in [9.17, 15) is 4.79 Å². The van der Waals surface area contributed by atoms with Crippen LogP contribution in [0.2, 0.25) is 0 Å². The molecule has 1 amide bonds. The predicted molar refractivity (Wildman–Crippen MR) is 140 cm³/mol. The van der Waals surface area contributed by atoms with Gasteiger partial charge in [0.05, 0.1) is 6.04 Å². The highest BCUT2D eigenvalue weighted by atomic mass is 16.1. The van der Waals surface area contributed by atoms with E-state index in [2.05, 4.69) is 44.9 Å². The maximum atomic E-state index is 12.7. The molecule has 35 heavy (non-hydrogen) atoms. The first-order valence-electron chi connectivity index (χ1n) is 11.9. The van der Waals surface area contributed by atoms with Gasteiger partial charge in [-0.2, -0.15) is 0 Å². The molecule has 0 radical (unpaired) electrons. The van der Waals surface area contributed by atoms with Crippen LogP contribution in [0.1, 0.15) is 40.6 Å². The molecule has 0 fully saturated rings. The summed E-state index contributed by atoms with van der Waals surface area (Å²) >= 11 is 0. The van der Waals surface area contributed by atoms with Gasteiger partial charge in [0.25, 0.3) is 0 Å². The summed E-state index contributed by atoms with van der Waals surface area (Å²) in [6.07, 6.45) is 11.6. The van der Waals surface area contributed by atoms with E-state index in [1.54, 1.807) is 24.8 Å². The van der Waals surface area contributed by atoms with Gasteiger partial charge < -0.3 is 10.6 Å². The minimum atomic E-state index is 0.0320. The molecule has 0 unspecified atom stereocenters. The van der Waals surface area contributed by atoms with Crippen molar-refractivity contribution in [2.24, 2.45) is 0 Å². The molecule has 5 nitrogen and oxygen atoms in total. The number of carbonyl (C=O) groups is 1.